The summed E-state index contributed by atoms with van der Waals surface area (Å²) in [6, 6.07) is 5.91. The molecular formula is C16H23Cl2N3. The number of halogens is 2. The average Bonchev–Trinajstić information content (AvgIpc) is 2.81. The molecule has 0 amide bonds. The number of alkyl halides is 1. The Morgan fingerprint density at radius 1 is 1.24 bits per heavy atom. The first-order chi connectivity index (χ1) is 10.2. The molecule has 1 aromatic carbocycles. The Morgan fingerprint density at radius 3 is 2.67 bits per heavy atom. The number of aryl methyl sites for hydroxylation is 2. The fourth-order valence-corrected chi connectivity index (χ4v) is 3.01. The first-order valence-electron chi connectivity index (χ1n) is 7.62. The summed E-state index contributed by atoms with van der Waals surface area (Å²) >= 11 is 12.0. The summed E-state index contributed by atoms with van der Waals surface area (Å²) in [4.78, 5) is 7.12. The van der Waals surface area contributed by atoms with E-state index in [2.05, 4.69) is 34.4 Å². The highest BCUT2D eigenvalue weighted by atomic mass is 35.5. The van der Waals surface area contributed by atoms with Crippen LogP contribution >= 0.6 is 23.2 Å². The van der Waals surface area contributed by atoms with Crippen LogP contribution in [0.3, 0.4) is 0 Å². The van der Waals surface area contributed by atoms with E-state index in [1.807, 2.05) is 12.1 Å². The van der Waals surface area contributed by atoms with Crippen LogP contribution in [-0.2, 0) is 13.0 Å². The van der Waals surface area contributed by atoms with Crippen LogP contribution in [0.15, 0.2) is 18.2 Å². The van der Waals surface area contributed by atoms with Gasteiger partial charge in [-0.1, -0.05) is 25.4 Å². The molecule has 2 rings (SSSR count). The van der Waals surface area contributed by atoms with Gasteiger partial charge in [-0.2, -0.15) is 0 Å². The van der Waals surface area contributed by atoms with E-state index in [1.54, 1.807) is 0 Å². The van der Waals surface area contributed by atoms with Gasteiger partial charge in [0.25, 0.3) is 0 Å². The van der Waals surface area contributed by atoms with Gasteiger partial charge in [0, 0.05) is 23.9 Å². The minimum atomic E-state index is 0.590. The van der Waals surface area contributed by atoms with Crippen LogP contribution in [0.4, 0.5) is 0 Å². The number of fused-ring (bicyclic) bond motifs is 1. The van der Waals surface area contributed by atoms with Gasteiger partial charge >= 0.3 is 0 Å². The Morgan fingerprint density at radius 2 is 2.00 bits per heavy atom. The molecule has 0 spiro atoms. The Kier molecular flexibility index (Phi) is 6.34. The molecule has 2 aromatic rings. The summed E-state index contributed by atoms with van der Waals surface area (Å²) in [7, 11) is 0. The van der Waals surface area contributed by atoms with Crippen LogP contribution in [0.5, 0.6) is 0 Å². The Balaban J connectivity index is 2.18. The standard InChI is InChI=1S/C16H23Cl2N3/c1-3-20(4-2)10-5-11-21-15-7-6-13(18)12-14(15)19-16(21)8-9-17/h6-7,12H,3-5,8-11H2,1-2H3. The van der Waals surface area contributed by atoms with Gasteiger partial charge in [0.05, 0.1) is 11.0 Å². The minimum absolute atomic E-state index is 0.590. The van der Waals surface area contributed by atoms with E-state index < -0.39 is 0 Å². The van der Waals surface area contributed by atoms with Crippen LogP contribution in [0, 0.1) is 0 Å². The molecule has 0 radical (unpaired) electrons. The molecule has 1 aromatic heterocycles. The normalized spacial score (nSPS) is 11.7. The van der Waals surface area contributed by atoms with Crippen LogP contribution in [0.25, 0.3) is 11.0 Å². The van der Waals surface area contributed by atoms with Gasteiger partial charge in [0.15, 0.2) is 0 Å². The second kappa shape index (κ2) is 8.02. The van der Waals surface area contributed by atoms with Crippen LogP contribution in [0.2, 0.25) is 5.02 Å². The number of hydrogen-bond donors (Lipinski definition) is 0. The molecule has 116 valence electrons. The predicted molar refractivity (Wildman–Crippen MR) is 91.6 cm³/mol. The lowest BCUT2D eigenvalue weighted by Crippen LogP contribution is -2.25. The van der Waals surface area contributed by atoms with Gasteiger partial charge < -0.3 is 9.47 Å². The molecule has 0 N–H and O–H groups in total. The highest BCUT2D eigenvalue weighted by molar-refractivity contribution is 6.31. The van der Waals surface area contributed by atoms with E-state index in [-0.39, 0.29) is 0 Å². The third-order valence-electron chi connectivity index (χ3n) is 3.86. The van der Waals surface area contributed by atoms with Gasteiger partial charge in [-0.25, -0.2) is 4.98 Å². The van der Waals surface area contributed by atoms with Gasteiger partial charge in [0.1, 0.15) is 5.82 Å². The van der Waals surface area contributed by atoms with E-state index in [4.69, 9.17) is 23.2 Å². The lowest BCUT2D eigenvalue weighted by Gasteiger charge is -2.18. The molecule has 0 bridgehead atoms. The second-order valence-corrected chi connectivity index (χ2v) is 5.95. The Hall–Kier alpha value is -0.770. The highest BCUT2D eigenvalue weighted by Crippen LogP contribution is 2.21. The van der Waals surface area contributed by atoms with Gasteiger partial charge in [0.2, 0.25) is 0 Å². The van der Waals surface area contributed by atoms with Crippen molar-refractivity contribution in [2.75, 3.05) is 25.5 Å². The monoisotopic (exact) mass is 327 g/mol. The molecule has 0 aliphatic carbocycles. The maximum Gasteiger partial charge on any atom is 0.111 e. The van der Waals surface area contributed by atoms with Crippen molar-refractivity contribution >= 4 is 34.2 Å². The van der Waals surface area contributed by atoms with Crippen molar-refractivity contribution in [1.29, 1.82) is 0 Å². The van der Waals surface area contributed by atoms with Gasteiger partial charge in [-0.3, -0.25) is 0 Å². The second-order valence-electron chi connectivity index (χ2n) is 5.13. The zero-order valence-corrected chi connectivity index (χ0v) is 14.3. The van der Waals surface area contributed by atoms with Crippen molar-refractivity contribution in [2.45, 2.75) is 33.2 Å². The molecule has 0 aliphatic rings. The lowest BCUT2D eigenvalue weighted by molar-refractivity contribution is 0.293. The number of benzene rings is 1. The smallest absolute Gasteiger partial charge is 0.111 e. The zero-order chi connectivity index (χ0) is 15.2. The third kappa shape index (κ3) is 4.12. The van der Waals surface area contributed by atoms with Crippen molar-refractivity contribution in [3.8, 4) is 0 Å². The number of aromatic nitrogens is 2. The Bertz CT molecular complexity index is 576. The highest BCUT2D eigenvalue weighted by Gasteiger charge is 2.11. The number of imidazole rings is 1. The quantitative estimate of drug-likeness (QED) is 0.677. The largest absolute Gasteiger partial charge is 0.328 e. The van der Waals surface area contributed by atoms with Crippen molar-refractivity contribution in [1.82, 2.24) is 14.5 Å². The maximum atomic E-state index is 6.06. The molecule has 0 unspecified atom stereocenters. The maximum absolute atomic E-state index is 6.06. The predicted octanol–water partition coefficient (Wildman–Crippen LogP) is 4.20. The zero-order valence-electron chi connectivity index (χ0n) is 12.8. The van der Waals surface area contributed by atoms with Gasteiger partial charge in [-0.05, 0) is 44.3 Å². The van der Waals surface area contributed by atoms with Crippen LogP contribution in [-0.4, -0.2) is 40.0 Å². The van der Waals surface area contributed by atoms with Crippen molar-refractivity contribution in [3.05, 3.63) is 29.0 Å². The summed E-state index contributed by atoms with van der Waals surface area (Å²) in [5, 5.41) is 0.729. The fraction of sp³-hybridized carbons (Fsp3) is 0.562. The summed E-state index contributed by atoms with van der Waals surface area (Å²) in [5.74, 6) is 1.65. The minimum Gasteiger partial charge on any atom is -0.328 e. The molecule has 21 heavy (non-hydrogen) atoms. The van der Waals surface area contributed by atoms with E-state index in [0.717, 1.165) is 60.9 Å². The lowest BCUT2D eigenvalue weighted by atomic mass is 10.3. The van der Waals surface area contributed by atoms with Crippen molar-refractivity contribution in [2.24, 2.45) is 0 Å². The summed E-state index contributed by atoms with van der Waals surface area (Å²) in [5.41, 5.74) is 2.12. The van der Waals surface area contributed by atoms with E-state index >= 15 is 0 Å². The van der Waals surface area contributed by atoms with E-state index in [9.17, 15) is 0 Å². The summed E-state index contributed by atoms with van der Waals surface area (Å²) in [6.07, 6.45) is 1.91. The summed E-state index contributed by atoms with van der Waals surface area (Å²) in [6.45, 7) is 8.70. The van der Waals surface area contributed by atoms with Crippen molar-refractivity contribution < 1.29 is 0 Å². The molecule has 5 heteroatoms. The first-order valence-corrected chi connectivity index (χ1v) is 8.53. The van der Waals surface area contributed by atoms with E-state index in [1.165, 1.54) is 0 Å². The fourth-order valence-electron chi connectivity index (χ4n) is 2.67. The van der Waals surface area contributed by atoms with Crippen LogP contribution < -0.4 is 0 Å². The summed E-state index contributed by atoms with van der Waals surface area (Å²) < 4.78 is 2.29. The average molecular weight is 328 g/mol. The third-order valence-corrected chi connectivity index (χ3v) is 4.28. The molecule has 3 nitrogen and oxygen atoms in total. The Labute approximate surface area is 136 Å². The number of rotatable bonds is 8. The van der Waals surface area contributed by atoms with Gasteiger partial charge in [-0.15, -0.1) is 11.6 Å². The van der Waals surface area contributed by atoms with Crippen LogP contribution in [0.1, 0.15) is 26.1 Å². The van der Waals surface area contributed by atoms with Crippen molar-refractivity contribution in [3.63, 3.8) is 0 Å². The molecular weight excluding hydrogens is 305 g/mol. The topological polar surface area (TPSA) is 21.1 Å². The number of hydrogen-bond acceptors (Lipinski definition) is 2. The molecule has 1 heterocycles. The van der Waals surface area contributed by atoms with E-state index in [0.29, 0.717) is 5.88 Å². The molecule has 0 fully saturated rings. The first kappa shape index (κ1) is 16.6. The molecule has 0 saturated heterocycles. The SMILES string of the molecule is CCN(CC)CCCn1c(CCCl)nc2cc(Cl)ccc21. The molecule has 0 atom stereocenters. The molecule has 0 aliphatic heterocycles. The molecule has 0 saturated carbocycles. The number of nitrogens with zero attached hydrogens (tertiary/aromatic N) is 3.